The van der Waals surface area contributed by atoms with Gasteiger partial charge in [-0.05, 0) is 66.7 Å². The number of piperidine rings is 1. The molecule has 0 aromatic heterocycles. The third-order valence-corrected chi connectivity index (χ3v) is 5.24. The van der Waals surface area contributed by atoms with Crippen LogP contribution in [0.4, 0.5) is 0 Å². The van der Waals surface area contributed by atoms with Gasteiger partial charge in [-0.15, -0.1) is 0 Å². The van der Waals surface area contributed by atoms with Gasteiger partial charge in [-0.25, -0.2) is 4.79 Å². The average molecular weight is 427 g/mol. The van der Waals surface area contributed by atoms with E-state index in [1.165, 1.54) is 0 Å². The standard InChI is InChI=1S/C19H27BrN2O4/c1-4-26-19(24)16-7-5-6-10-22(16)18(23)12-21-13(2)14-8-9-17(25-3)15(20)11-14/h8-9,11,13,16,21H,4-7,10,12H2,1-3H3. The van der Waals surface area contributed by atoms with Crippen molar-refractivity contribution < 1.29 is 19.1 Å². The fourth-order valence-electron chi connectivity index (χ4n) is 3.13. The summed E-state index contributed by atoms with van der Waals surface area (Å²) in [5, 5.41) is 3.25. The molecule has 6 nitrogen and oxygen atoms in total. The van der Waals surface area contributed by atoms with Crippen LogP contribution in [0.3, 0.4) is 0 Å². The highest BCUT2D eigenvalue weighted by molar-refractivity contribution is 9.10. The highest BCUT2D eigenvalue weighted by atomic mass is 79.9. The molecule has 0 spiro atoms. The molecule has 1 aromatic carbocycles. The van der Waals surface area contributed by atoms with Crippen molar-refractivity contribution in [1.29, 1.82) is 0 Å². The summed E-state index contributed by atoms with van der Waals surface area (Å²) in [6.45, 7) is 4.90. The van der Waals surface area contributed by atoms with Gasteiger partial charge in [-0.2, -0.15) is 0 Å². The molecule has 2 unspecified atom stereocenters. The fourth-order valence-corrected chi connectivity index (χ4v) is 3.68. The predicted octanol–water partition coefficient (Wildman–Crippen LogP) is 3.05. The molecule has 0 saturated carbocycles. The summed E-state index contributed by atoms with van der Waals surface area (Å²) in [6.07, 6.45) is 2.53. The highest BCUT2D eigenvalue weighted by Crippen LogP contribution is 2.28. The number of nitrogens with zero attached hydrogens (tertiary/aromatic N) is 1. The van der Waals surface area contributed by atoms with Gasteiger partial charge in [-0.1, -0.05) is 6.07 Å². The molecule has 1 aliphatic rings. The molecule has 26 heavy (non-hydrogen) atoms. The first-order chi connectivity index (χ1) is 12.5. The van der Waals surface area contributed by atoms with Gasteiger partial charge >= 0.3 is 5.97 Å². The second-order valence-electron chi connectivity index (χ2n) is 6.35. The number of benzene rings is 1. The normalized spacial score (nSPS) is 18.3. The molecule has 1 N–H and O–H groups in total. The molecule has 0 radical (unpaired) electrons. The van der Waals surface area contributed by atoms with E-state index in [2.05, 4.69) is 21.2 Å². The molecule has 0 bridgehead atoms. The van der Waals surface area contributed by atoms with Crippen LogP contribution in [0.25, 0.3) is 0 Å². The predicted molar refractivity (Wildman–Crippen MR) is 103 cm³/mol. The minimum absolute atomic E-state index is 0.00742. The van der Waals surface area contributed by atoms with Gasteiger partial charge in [0.25, 0.3) is 0 Å². The van der Waals surface area contributed by atoms with Crippen molar-refractivity contribution >= 4 is 27.8 Å². The summed E-state index contributed by atoms with van der Waals surface area (Å²) < 4.78 is 11.2. The number of carbonyl (C=O) groups excluding carboxylic acids is 2. The van der Waals surface area contributed by atoms with Crippen molar-refractivity contribution in [1.82, 2.24) is 10.2 Å². The minimum Gasteiger partial charge on any atom is -0.496 e. The lowest BCUT2D eigenvalue weighted by molar-refractivity contribution is -0.156. The summed E-state index contributed by atoms with van der Waals surface area (Å²) in [5.41, 5.74) is 1.05. The number of rotatable bonds is 7. The Kier molecular flexibility index (Phi) is 7.90. The van der Waals surface area contributed by atoms with Crippen molar-refractivity contribution in [3.8, 4) is 5.75 Å². The molecule has 1 heterocycles. The molecule has 2 atom stereocenters. The molecule has 0 aliphatic carbocycles. The summed E-state index contributed by atoms with van der Waals surface area (Å²) in [6, 6.07) is 5.37. The number of ether oxygens (including phenoxy) is 2. The second-order valence-corrected chi connectivity index (χ2v) is 7.20. The first-order valence-electron chi connectivity index (χ1n) is 9.00. The van der Waals surface area contributed by atoms with Crippen LogP contribution in [-0.4, -0.2) is 49.6 Å². The molecule has 1 aliphatic heterocycles. The lowest BCUT2D eigenvalue weighted by atomic mass is 10.0. The summed E-state index contributed by atoms with van der Waals surface area (Å²) in [7, 11) is 1.62. The van der Waals surface area contributed by atoms with E-state index in [0.717, 1.165) is 28.6 Å². The summed E-state index contributed by atoms with van der Waals surface area (Å²) in [5.74, 6) is 0.400. The van der Waals surface area contributed by atoms with Crippen molar-refractivity contribution in [2.75, 3.05) is 26.8 Å². The van der Waals surface area contributed by atoms with Gasteiger partial charge in [0, 0.05) is 12.6 Å². The Morgan fingerprint density at radius 1 is 1.38 bits per heavy atom. The SMILES string of the molecule is CCOC(=O)C1CCCCN1C(=O)CNC(C)c1ccc(OC)c(Br)c1. The van der Waals surface area contributed by atoms with Crippen LogP contribution in [0, 0.1) is 0 Å². The van der Waals surface area contributed by atoms with Crippen LogP contribution in [-0.2, 0) is 14.3 Å². The van der Waals surface area contributed by atoms with Crippen molar-refractivity contribution in [2.24, 2.45) is 0 Å². The van der Waals surface area contributed by atoms with Gasteiger partial charge in [0.05, 0.1) is 24.7 Å². The van der Waals surface area contributed by atoms with Crippen molar-refractivity contribution in [3.63, 3.8) is 0 Å². The monoisotopic (exact) mass is 426 g/mol. The second kappa shape index (κ2) is 9.92. The van der Waals surface area contributed by atoms with E-state index >= 15 is 0 Å². The first-order valence-corrected chi connectivity index (χ1v) is 9.80. The number of hydrogen-bond donors (Lipinski definition) is 1. The molecule has 144 valence electrons. The number of hydrogen-bond acceptors (Lipinski definition) is 5. The minimum atomic E-state index is -0.455. The molecule has 1 saturated heterocycles. The van der Waals surface area contributed by atoms with Crippen LogP contribution in [0.2, 0.25) is 0 Å². The van der Waals surface area contributed by atoms with Crippen LogP contribution >= 0.6 is 15.9 Å². The van der Waals surface area contributed by atoms with Crippen LogP contribution in [0.1, 0.15) is 44.7 Å². The van der Waals surface area contributed by atoms with E-state index in [1.807, 2.05) is 25.1 Å². The summed E-state index contributed by atoms with van der Waals surface area (Å²) in [4.78, 5) is 26.4. The Morgan fingerprint density at radius 3 is 2.81 bits per heavy atom. The Balaban J connectivity index is 1.95. The van der Waals surface area contributed by atoms with Gasteiger partial charge in [0.2, 0.25) is 5.91 Å². The zero-order valence-corrected chi connectivity index (χ0v) is 17.2. The maximum Gasteiger partial charge on any atom is 0.328 e. The Hall–Kier alpha value is -1.60. The maximum atomic E-state index is 12.6. The highest BCUT2D eigenvalue weighted by Gasteiger charge is 2.32. The van der Waals surface area contributed by atoms with Gasteiger partial charge in [-0.3, -0.25) is 4.79 Å². The molecule has 2 rings (SSSR count). The first kappa shape index (κ1) is 20.7. The smallest absolute Gasteiger partial charge is 0.328 e. The average Bonchev–Trinajstić information content (AvgIpc) is 2.65. The third kappa shape index (κ3) is 5.20. The molecule has 7 heteroatoms. The maximum absolute atomic E-state index is 12.6. The zero-order chi connectivity index (χ0) is 19.1. The molecular formula is C19H27BrN2O4. The van der Waals surface area contributed by atoms with E-state index in [-0.39, 0.29) is 24.5 Å². The number of carbonyl (C=O) groups is 2. The van der Waals surface area contributed by atoms with E-state index in [1.54, 1.807) is 18.9 Å². The van der Waals surface area contributed by atoms with E-state index in [9.17, 15) is 9.59 Å². The molecular weight excluding hydrogens is 400 g/mol. The van der Waals surface area contributed by atoms with Crippen LogP contribution < -0.4 is 10.1 Å². The van der Waals surface area contributed by atoms with Crippen molar-refractivity contribution in [3.05, 3.63) is 28.2 Å². The zero-order valence-electron chi connectivity index (χ0n) is 15.6. The van der Waals surface area contributed by atoms with E-state index in [4.69, 9.17) is 9.47 Å². The van der Waals surface area contributed by atoms with Gasteiger partial charge < -0.3 is 19.7 Å². The topological polar surface area (TPSA) is 67.9 Å². The van der Waals surface area contributed by atoms with E-state index in [0.29, 0.717) is 19.6 Å². The van der Waals surface area contributed by atoms with Gasteiger partial charge in [0.15, 0.2) is 0 Å². The number of nitrogens with one attached hydrogen (secondary N) is 1. The number of halogens is 1. The number of likely N-dealkylation sites (tertiary alicyclic amines) is 1. The Bertz CT molecular complexity index is 638. The third-order valence-electron chi connectivity index (χ3n) is 4.62. The van der Waals surface area contributed by atoms with Crippen LogP contribution in [0.5, 0.6) is 5.75 Å². The summed E-state index contributed by atoms with van der Waals surface area (Å²) >= 11 is 3.48. The lowest BCUT2D eigenvalue weighted by Crippen LogP contribution is -2.51. The Morgan fingerprint density at radius 2 is 2.15 bits per heavy atom. The lowest BCUT2D eigenvalue weighted by Gasteiger charge is -2.34. The fraction of sp³-hybridized carbons (Fsp3) is 0.579. The Labute approximate surface area is 163 Å². The molecule has 1 fully saturated rings. The molecule has 1 amide bonds. The van der Waals surface area contributed by atoms with Crippen molar-refractivity contribution in [2.45, 2.75) is 45.2 Å². The number of amides is 1. The number of esters is 1. The van der Waals surface area contributed by atoms with Crippen LogP contribution in [0.15, 0.2) is 22.7 Å². The molecule has 1 aromatic rings. The van der Waals surface area contributed by atoms with E-state index < -0.39 is 6.04 Å². The van der Waals surface area contributed by atoms with Gasteiger partial charge in [0.1, 0.15) is 11.8 Å². The quantitative estimate of drug-likeness (QED) is 0.678. The number of methoxy groups -OCH3 is 1. The largest absolute Gasteiger partial charge is 0.496 e.